The molecular formula is C32H38O4S. The quantitative estimate of drug-likeness (QED) is 0.171. The molecule has 0 spiro atoms. The average Bonchev–Trinajstić information content (AvgIpc) is 3.32. The minimum atomic E-state index is -3.36. The van der Waals surface area contributed by atoms with Crippen molar-refractivity contribution in [3.8, 4) is 0 Å². The summed E-state index contributed by atoms with van der Waals surface area (Å²) in [4.78, 5) is 0.378. The van der Waals surface area contributed by atoms with Crippen LogP contribution in [0.5, 0.6) is 0 Å². The van der Waals surface area contributed by atoms with Crippen LogP contribution in [0.2, 0.25) is 0 Å². The van der Waals surface area contributed by atoms with E-state index in [2.05, 4.69) is 54.6 Å². The summed E-state index contributed by atoms with van der Waals surface area (Å²) in [5, 5.41) is 0. The van der Waals surface area contributed by atoms with E-state index < -0.39 is 9.84 Å². The van der Waals surface area contributed by atoms with Gasteiger partial charge in [-0.1, -0.05) is 90.5 Å². The highest BCUT2D eigenvalue weighted by Crippen LogP contribution is 2.39. The van der Waals surface area contributed by atoms with Crippen LogP contribution in [0.4, 0.5) is 0 Å². The summed E-state index contributed by atoms with van der Waals surface area (Å²) in [6.07, 6.45) is 7.47. The molecule has 1 aliphatic rings. The molecule has 0 saturated heterocycles. The van der Waals surface area contributed by atoms with Gasteiger partial charge >= 0.3 is 0 Å². The van der Waals surface area contributed by atoms with E-state index in [1.165, 1.54) is 11.1 Å². The zero-order valence-electron chi connectivity index (χ0n) is 21.6. The van der Waals surface area contributed by atoms with Gasteiger partial charge in [0.1, 0.15) is 0 Å². The molecular weight excluding hydrogens is 480 g/mol. The van der Waals surface area contributed by atoms with E-state index in [1.54, 1.807) is 24.3 Å². The second-order valence-electron chi connectivity index (χ2n) is 10.1. The van der Waals surface area contributed by atoms with Crippen molar-refractivity contribution in [3.63, 3.8) is 0 Å². The summed E-state index contributed by atoms with van der Waals surface area (Å²) >= 11 is 0. The van der Waals surface area contributed by atoms with E-state index in [9.17, 15) is 8.42 Å². The third-order valence-corrected chi connectivity index (χ3v) is 8.66. The molecule has 0 amide bonds. The van der Waals surface area contributed by atoms with Crippen LogP contribution in [-0.2, 0) is 32.2 Å². The Hall–Kier alpha value is -2.73. The van der Waals surface area contributed by atoms with Gasteiger partial charge in [0, 0.05) is 18.6 Å². The van der Waals surface area contributed by atoms with Crippen molar-refractivity contribution in [1.29, 1.82) is 0 Å². The minimum absolute atomic E-state index is 0.0563. The Morgan fingerprint density at radius 2 is 1.16 bits per heavy atom. The molecule has 4 nitrogen and oxygen atoms in total. The van der Waals surface area contributed by atoms with Crippen LogP contribution in [-0.4, -0.2) is 40.6 Å². The predicted octanol–water partition coefficient (Wildman–Crippen LogP) is 6.47. The molecule has 3 aromatic rings. The predicted molar refractivity (Wildman–Crippen MR) is 149 cm³/mol. The molecule has 0 fully saturated rings. The average molecular weight is 519 g/mol. The highest BCUT2D eigenvalue weighted by molar-refractivity contribution is 7.91. The normalized spacial score (nSPS) is 15.0. The maximum atomic E-state index is 13.0. The monoisotopic (exact) mass is 518 g/mol. The lowest BCUT2D eigenvalue weighted by Crippen LogP contribution is -2.31. The van der Waals surface area contributed by atoms with Gasteiger partial charge in [-0.25, -0.2) is 8.42 Å². The zero-order valence-corrected chi connectivity index (χ0v) is 22.4. The number of benzene rings is 3. The van der Waals surface area contributed by atoms with Crippen molar-refractivity contribution in [1.82, 2.24) is 0 Å². The summed E-state index contributed by atoms with van der Waals surface area (Å²) in [7, 11) is -3.36. The van der Waals surface area contributed by atoms with Gasteiger partial charge in [0.15, 0.2) is 9.84 Å². The molecule has 0 unspecified atom stereocenters. The molecule has 0 heterocycles. The fourth-order valence-corrected chi connectivity index (χ4v) is 6.38. The topological polar surface area (TPSA) is 52.6 Å². The Labute approximate surface area is 222 Å². The fourth-order valence-electron chi connectivity index (χ4n) is 4.94. The summed E-state index contributed by atoms with van der Waals surface area (Å²) in [6.45, 7) is 2.52. The van der Waals surface area contributed by atoms with Gasteiger partial charge in [-0.15, -0.1) is 0 Å². The molecule has 3 aromatic carbocycles. The van der Waals surface area contributed by atoms with Gasteiger partial charge in [0.25, 0.3) is 0 Å². The summed E-state index contributed by atoms with van der Waals surface area (Å²) in [6, 6.07) is 29.6. The van der Waals surface area contributed by atoms with E-state index in [4.69, 9.17) is 9.47 Å². The van der Waals surface area contributed by atoms with Crippen molar-refractivity contribution >= 4 is 9.84 Å². The van der Waals surface area contributed by atoms with Crippen LogP contribution in [0.25, 0.3) is 0 Å². The molecule has 0 bridgehead atoms. The van der Waals surface area contributed by atoms with Gasteiger partial charge in [0.2, 0.25) is 0 Å². The Bertz CT molecular complexity index is 1160. The van der Waals surface area contributed by atoms with E-state index in [0.29, 0.717) is 37.7 Å². The Kier molecular flexibility index (Phi) is 10.1. The van der Waals surface area contributed by atoms with Crippen molar-refractivity contribution < 1.29 is 17.9 Å². The van der Waals surface area contributed by atoms with Crippen molar-refractivity contribution in [2.45, 2.75) is 43.4 Å². The molecule has 0 saturated carbocycles. The summed E-state index contributed by atoms with van der Waals surface area (Å²) < 4.78 is 38.3. The summed E-state index contributed by atoms with van der Waals surface area (Å²) in [5.74, 6) is 0.0563. The second kappa shape index (κ2) is 13.7. The van der Waals surface area contributed by atoms with Crippen molar-refractivity contribution in [3.05, 3.63) is 114 Å². The number of ether oxygens (including phenoxy) is 2. The number of allylic oxidation sites excluding steroid dienone is 1. The lowest BCUT2D eigenvalue weighted by atomic mass is 9.86. The minimum Gasteiger partial charge on any atom is -0.381 e. The molecule has 1 aliphatic carbocycles. The van der Waals surface area contributed by atoms with Crippen LogP contribution >= 0.6 is 0 Å². The molecule has 4 rings (SSSR count). The second-order valence-corrected chi connectivity index (χ2v) is 12.1. The van der Waals surface area contributed by atoms with Crippen LogP contribution in [0.3, 0.4) is 0 Å². The third kappa shape index (κ3) is 8.67. The van der Waals surface area contributed by atoms with E-state index >= 15 is 0 Å². The number of sulfone groups is 1. The Balaban J connectivity index is 1.29. The van der Waals surface area contributed by atoms with Gasteiger partial charge in [-0.3, -0.25) is 0 Å². The van der Waals surface area contributed by atoms with Crippen molar-refractivity contribution in [2.24, 2.45) is 5.41 Å². The SMILES string of the molecule is O=S(=O)(CC1=CCC(COCCCc2ccccc2)(COCCCc2ccccc2)C1)c1ccccc1. The van der Waals surface area contributed by atoms with E-state index in [0.717, 1.165) is 37.7 Å². The zero-order chi connectivity index (χ0) is 25.8. The Morgan fingerprint density at radius 3 is 1.68 bits per heavy atom. The van der Waals surface area contributed by atoms with Crippen LogP contribution in [0, 0.1) is 5.41 Å². The highest BCUT2D eigenvalue weighted by Gasteiger charge is 2.36. The number of rotatable bonds is 15. The molecule has 0 aromatic heterocycles. The van der Waals surface area contributed by atoms with Gasteiger partial charge in [-0.2, -0.15) is 0 Å². The molecule has 5 heteroatoms. The Morgan fingerprint density at radius 1 is 0.676 bits per heavy atom. The maximum Gasteiger partial charge on any atom is 0.182 e. The first kappa shape index (κ1) is 27.3. The first-order chi connectivity index (χ1) is 18.0. The molecule has 0 atom stereocenters. The maximum absolute atomic E-state index is 13.0. The fraction of sp³-hybridized carbons (Fsp3) is 0.375. The largest absolute Gasteiger partial charge is 0.381 e. The van der Waals surface area contributed by atoms with E-state index in [-0.39, 0.29) is 11.2 Å². The first-order valence-electron chi connectivity index (χ1n) is 13.2. The molecule has 37 heavy (non-hydrogen) atoms. The lowest BCUT2D eigenvalue weighted by Gasteiger charge is -2.29. The van der Waals surface area contributed by atoms with E-state index in [1.807, 2.05) is 18.2 Å². The highest BCUT2D eigenvalue weighted by atomic mass is 32.2. The molecule has 0 aliphatic heterocycles. The number of aryl methyl sites for hydroxylation is 2. The smallest absolute Gasteiger partial charge is 0.182 e. The standard InChI is InChI=1S/C32H38O4S/c33-37(34,31-18-8-3-9-19-31)25-30-20-21-32(24-30,26-35-22-10-16-28-12-4-1-5-13-28)27-36-23-11-17-29-14-6-2-7-15-29/h1-9,12-15,18-20H,10-11,16-17,21-27H2. The van der Waals surface area contributed by atoms with Gasteiger partial charge < -0.3 is 9.47 Å². The lowest BCUT2D eigenvalue weighted by molar-refractivity contribution is -0.0179. The molecule has 0 radical (unpaired) electrons. The molecule has 0 N–H and O–H groups in total. The first-order valence-corrected chi connectivity index (χ1v) is 14.9. The third-order valence-electron chi connectivity index (χ3n) is 6.91. The summed E-state index contributed by atoms with van der Waals surface area (Å²) in [5.41, 5.74) is 3.39. The van der Waals surface area contributed by atoms with Crippen LogP contribution in [0.15, 0.2) is 108 Å². The van der Waals surface area contributed by atoms with Crippen LogP contribution in [0.1, 0.15) is 36.8 Å². The van der Waals surface area contributed by atoms with Crippen LogP contribution < -0.4 is 0 Å². The van der Waals surface area contributed by atoms with Gasteiger partial charge in [0.05, 0.1) is 23.9 Å². The number of hydrogen-bond donors (Lipinski definition) is 0. The van der Waals surface area contributed by atoms with Crippen molar-refractivity contribution in [2.75, 3.05) is 32.2 Å². The van der Waals surface area contributed by atoms with Gasteiger partial charge in [-0.05, 0) is 61.8 Å². The number of hydrogen-bond acceptors (Lipinski definition) is 4. The molecule has 196 valence electrons.